The molecule has 0 aliphatic carbocycles. The number of pyridine rings is 1. The van der Waals surface area contributed by atoms with Crippen LogP contribution in [0.2, 0.25) is 0 Å². The Bertz CT molecular complexity index is 449. The van der Waals surface area contributed by atoms with Crippen LogP contribution < -0.4 is 4.31 Å². The van der Waals surface area contributed by atoms with Crippen LogP contribution in [0.3, 0.4) is 0 Å². The van der Waals surface area contributed by atoms with Crippen LogP contribution in [0.25, 0.3) is 0 Å². The minimum Gasteiger partial charge on any atom is -0.286 e. The summed E-state index contributed by atoms with van der Waals surface area (Å²) in [5.74, 6) is 2.09. The number of aromatic nitrogens is 3. The molecule has 4 nitrogen and oxygen atoms in total. The van der Waals surface area contributed by atoms with Gasteiger partial charge < -0.3 is 0 Å². The van der Waals surface area contributed by atoms with Gasteiger partial charge in [-0.3, -0.25) is 14.0 Å². The largest absolute Gasteiger partial charge is 0.286 e. The van der Waals surface area contributed by atoms with E-state index in [2.05, 4.69) is 14.4 Å². The van der Waals surface area contributed by atoms with Crippen molar-refractivity contribution in [1.82, 2.24) is 14.8 Å². The Morgan fingerprint density at radius 1 is 1.33 bits per heavy atom. The van der Waals surface area contributed by atoms with Gasteiger partial charge in [0.05, 0.1) is 18.1 Å². The van der Waals surface area contributed by atoms with Gasteiger partial charge in [-0.25, -0.2) is 0 Å². The average molecular weight is 218 g/mol. The Hall–Kier alpha value is -1.49. The summed E-state index contributed by atoms with van der Waals surface area (Å²) >= 11 is 1.78. The van der Waals surface area contributed by atoms with Crippen LogP contribution in [0.15, 0.2) is 36.7 Å². The van der Waals surface area contributed by atoms with Crippen LogP contribution in [0.4, 0.5) is 5.82 Å². The lowest BCUT2D eigenvalue weighted by molar-refractivity contribution is 0.674. The summed E-state index contributed by atoms with van der Waals surface area (Å²) in [7, 11) is 0. The van der Waals surface area contributed by atoms with E-state index < -0.39 is 0 Å². The van der Waals surface area contributed by atoms with E-state index in [4.69, 9.17) is 0 Å². The van der Waals surface area contributed by atoms with Crippen LogP contribution in [0, 0.1) is 0 Å². The Morgan fingerprint density at radius 2 is 2.27 bits per heavy atom. The third kappa shape index (κ3) is 1.97. The molecule has 2 aromatic heterocycles. The summed E-state index contributed by atoms with van der Waals surface area (Å²) in [5.41, 5.74) is 1.03. The Kier molecular flexibility index (Phi) is 2.10. The van der Waals surface area contributed by atoms with Gasteiger partial charge in [0.15, 0.2) is 5.82 Å². The van der Waals surface area contributed by atoms with Crippen molar-refractivity contribution in [3.8, 4) is 0 Å². The Balaban J connectivity index is 1.76. The molecule has 1 aliphatic heterocycles. The number of nitrogens with zero attached hydrogens (tertiary/aromatic N) is 4. The first-order valence-corrected chi connectivity index (χ1v) is 5.70. The molecule has 0 N–H and O–H groups in total. The van der Waals surface area contributed by atoms with Crippen molar-refractivity contribution in [2.24, 2.45) is 0 Å². The normalized spacial score (nSPS) is 14.3. The molecule has 1 aliphatic rings. The lowest BCUT2D eigenvalue weighted by Gasteiger charge is -2.00. The molecular weight excluding hydrogens is 208 g/mol. The quantitative estimate of drug-likeness (QED) is 0.580. The smallest absolute Gasteiger partial charge is 0.161 e. The molecule has 1 saturated heterocycles. The van der Waals surface area contributed by atoms with Crippen LogP contribution >= 0.6 is 11.9 Å². The van der Waals surface area contributed by atoms with Gasteiger partial charge >= 0.3 is 0 Å². The molecule has 3 heterocycles. The molecule has 15 heavy (non-hydrogen) atoms. The van der Waals surface area contributed by atoms with Crippen molar-refractivity contribution in [1.29, 1.82) is 0 Å². The highest BCUT2D eigenvalue weighted by Gasteiger charge is 2.21. The van der Waals surface area contributed by atoms with Gasteiger partial charge in [-0.1, -0.05) is 6.07 Å². The number of hydrogen-bond donors (Lipinski definition) is 0. The molecule has 0 bridgehead atoms. The summed E-state index contributed by atoms with van der Waals surface area (Å²) in [6.45, 7) is 0.735. The van der Waals surface area contributed by atoms with Crippen molar-refractivity contribution in [3.63, 3.8) is 0 Å². The SMILES string of the molecule is c1ccc(Cn2ccc(N3CS3)n2)nc1. The summed E-state index contributed by atoms with van der Waals surface area (Å²) < 4.78 is 4.06. The fourth-order valence-electron chi connectivity index (χ4n) is 1.39. The van der Waals surface area contributed by atoms with Gasteiger partial charge in [0.25, 0.3) is 0 Å². The molecule has 0 aromatic carbocycles. The standard InChI is InChI=1S/C10H10N4S/c1-2-5-11-9(3-1)7-13-6-4-10(12-13)14-8-15-14/h1-6H,7-8H2. The fraction of sp³-hybridized carbons (Fsp3) is 0.200. The van der Waals surface area contributed by atoms with E-state index in [1.54, 1.807) is 18.1 Å². The average Bonchev–Trinajstić information content (AvgIpc) is 3.02. The van der Waals surface area contributed by atoms with E-state index in [0.717, 1.165) is 23.9 Å². The van der Waals surface area contributed by atoms with E-state index >= 15 is 0 Å². The molecule has 3 rings (SSSR count). The predicted molar refractivity (Wildman–Crippen MR) is 60.5 cm³/mol. The van der Waals surface area contributed by atoms with Gasteiger partial charge in [-0.05, 0) is 24.1 Å². The van der Waals surface area contributed by atoms with Crippen LogP contribution in [-0.2, 0) is 6.54 Å². The van der Waals surface area contributed by atoms with E-state index in [1.165, 1.54) is 0 Å². The van der Waals surface area contributed by atoms with Gasteiger partial charge in [0, 0.05) is 18.5 Å². The molecule has 76 valence electrons. The maximum absolute atomic E-state index is 4.45. The second kappa shape index (κ2) is 3.58. The lowest BCUT2D eigenvalue weighted by atomic mass is 10.3. The number of hydrogen-bond acceptors (Lipinski definition) is 4. The molecule has 0 saturated carbocycles. The maximum atomic E-state index is 4.45. The van der Waals surface area contributed by atoms with Gasteiger partial charge in [0.1, 0.15) is 0 Å². The molecule has 0 amide bonds. The van der Waals surface area contributed by atoms with E-state index in [1.807, 2.05) is 35.1 Å². The Morgan fingerprint density at radius 3 is 3.00 bits per heavy atom. The predicted octanol–water partition coefficient (Wildman–Crippen LogP) is 1.75. The topological polar surface area (TPSA) is 33.7 Å². The second-order valence-corrected chi connectivity index (χ2v) is 4.29. The molecule has 5 heteroatoms. The third-order valence-corrected chi connectivity index (χ3v) is 2.89. The fourth-order valence-corrected chi connectivity index (χ4v) is 1.81. The van der Waals surface area contributed by atoms with Gasteiger partial charge in [-0.2, -0.15) is 5.10 Å². The van der Waals surface area contributed by atoms with Crippen molar-refractivity contribution in [3.05, 3.63) is 42.4 Å². The highest BCUT2D eigenvalue weighted by molar-refractivity contribution is 8.07. The highest BCUT2D eigenvalue weighted by Crippen LogP contribution is 2.33. The molecule has 0 spiro atoms. The zero-order valence-corrected chi connectivity index (χ0v) is 8.89. The van der Waals surface area contributed by atoms with Crippen LogP contribution in [0.1, 0.15) is 5.69 Å². The first-order valence-electron chi connectivity index (χ1n) is 4.76. The molecule has 0 atom stereocenters. The zero-order valence-electron chi connectivity index (χ0n) is 8.08. The van der Waals surface area contributed by atoms with E-state index in [9.17, 15) is 0 Å². The minimum atomic E-state index is 0.735. The summed E-state index contributed by atoms with van der Waals surface area (Å²) in [5, 5.41) is 4.45. The van der Waals surface area contributed by atoms with Crippen molar-refractivity contribution >= 4 is 17.8 Å². The summed E-state index contributed by atoms with van der Waals surface area (Å²) in [4.78, 5) is 4.26. The van der Waals surface area contributed by atoms with E-state index in [-0.39, 0.29) is 0 Å². The first kappa shape index (κ1) is 8.79. The molecule has 2 aromatic rings. The molecule has 0 radical (unpaired) electrons. The lowest BCUT2D eigenvalue weighted by Crippen LogP contribution is -2.02. The molecule has 0 unspecified atom stereocenters. The second-order valence-electron chi connectivity index (χ2n) is 3.33. The summed E-state index contributed by atoms with van der Waals surface area (Å²) in [6, 6.07) is 7.95. The van der Waals surface area contributed by atoms with Gasteiger partial charge in [0.2, 0.25) is 0 Å². The van der Waals surface area contributed by atoms with Crippen molar-refractivity contribution < 1.29 is 0 Å². The Labute approximate surface area is 92.1 Å². The van der Waals surface area contributed by atoms with Crippen LogP contribution in [0.5, 0.6) is 0 Å². The molecular formula is C10H10N4S. The minimum absolute atomic E-state index is 0.735. The van der Waals surface area contributed by atoms with Gasteiger partial charge in [-0.15, -0.1) is 0 Å². The molecule has 1 fully saturated rings. The first-order chi connectivity index (χ1) is 7.42. The monoisotopic (exact) mass is 218 g/mol. The van der Waals surface area contributed by atoms with Crippen molar-refractivity contribution in [2.75, 3.05) is 10.2 Å². The van der Waals surface area contributed by atoms with Crippen LogP contribution in [-0.4, -0.2) is 20.6 Å². The van der Waals surface area contributed by atoms with E-state index in [0.29, 0.717) is 0 Å². The zero-order chi connectivity index (χ0) is 10.1. The van der Waals surface area contributed by atoms with Crippen molar-refractivity contribution in [2.45, 2.75) is 6.54 Å². The summed E-state index contributed by atoms with van der Waals surface area (Å²) in [6.07, 6.45) is 3.79. The number of anilines is 1. The highest BCUT2D eigenvalue weighted by atomic mass is 32.2. The maximum Gasteiger partial charge on any atom is 0.161 e. The third-order valence-electron chi connectivity index (χ3n) is 2.19. The number of rotatable bonds is 3.